The van der Waals surface area contributed by atoms with Gasteiger partial charge in [-0.25, -0.2) is 9.59 Å². The fraction of sp³-hybridized carbons (Fsp3) is 0.474. The molecule has 1 atom stereocenters. The van der Waals surface area contributed by atoms with Crippen molar-refractivity contribution in [2.75, 3.05) is 18.1 Å². The molecule has 2 N–H and O–H groups in total. The summed E-state index contributed by atoms with van der Waals surface area (Å²) in [5, 5.41) is 5.50. The van der Waals surface area contributed by atoms with E-state index in [4.69, 9.17) is 4.74 Å². The lowest BCUT2D eigenvalue weighted by Crippen LogP contribution is -2.45. The first-order valence-corrected chi connectivity index (χ1v) is 9.72. The highest BCUT2D eigenvalue weighted by molar-refractivity contribution is 7.99. The van der Waals surface area contributed by atoms with Crippen molar-refractivity contribution in [2.45, 2.75) is 39.7 Å². The van der Waals surface area contributed by atoms with Gasteiger partial charge in [0.25, 0.3) is 0 Å². The van der Waals surface area contributed by atoms with Gasteiger partial charge in [-0.1, -0.05) is 45.0 Å². The summed E-state index contributed by atoms with van der Waals surface area (Å²) >= 11 is 1.72. The summed E-state index contributed by atoms with van der Waals surface area (Å²) < 4.78 is 5.39. The highest BCUT2D eigenvalue weighted by Gasteiger charge is 2.32. The number of carbonyl (C=O) groups excluding carboxylic acids is 2. The Balaban J connectivity index is 2.22. The highest BCUT2D eigenvalue weighted by atomic mass is 32.2. The van der Waals surface area contributed by atoms with E-state index in [1.54, 1.807) is 18.7 Å². The molecule has 1 aliphatic rings. The first-order valence-electron chi connectivity index (χ1n) is 8.57. The zero-order valence-corrected chi connectivity index (χ0v) is 16.0. The zero-order valence-electron chi connectivity index (χ0n) is 15.2. The SMILES string of the molecule is CCSCCOC(=O)C1=C(C)NC(=O)N[C@H]1c1ccc(C(C)C)cc1. The second-order valence-corrected chi connectivity index (χ2v) is 7.62. The van der Waals surface area contributed by atoms with E-state index in [9.17, 15) is 9.59 Å². The van der Waals surface area contributed by atoms with Crippen LogP contribution in [-0.2, 0) is 9.53 Å². The van der Waals surface area contributed by atoms with Crippen LogP contribution >= 0.6 is 11.8 Å². The number of hydrogen-bond acceptors (Lipinski definition) is 4. The van der Waals surface area contributed by atoms with Gasteiger partial charge in [-0.15, -0.1) is 0 Å². The summed E-state index contributed by atoms with van der Waals surface area (Å²) in [7, 11) is 0. The number of rotatable bonds is 7. The first kappa shape index (κ1) is 19.4. The minimum atomic E-state index is -0.499. The normalized spacial score (nSPS) is 17.3. The molecule has 1 heterocycles. The fourth-order valence-electron chi connectivity index (χ4n) is 2.70. The molecule has 2 amide bonds. The maximum absolute atomic E-state index is 12.6. The molecule has 136 valence electrons. The summed E-state index contributed by atoms with van der Waals surface area (Å²) in [5.74, 6) is 1.79. The van der Waals surface area contributed by atoms with Gasteiger partial charge in [0.15, 0.2) is 0 Å². The van der Waals surface area contributed by atoms with Crippen molar-refractivity contribution in [3.8, 4) is 0 Å². The molecular weight excluding hydrogens is 336 g/mol. The monoisotopic (exact) mass is 362 g/mol. The van der Waals surface area contributed by atoms with Crippen LogP contribution in [-0.4, -0.2) is 30.1 Å². The van der Waals surface area contributed by atoms with Crippen LogP contribution < -0.4 is 10.6 Å². The van der Waals surface area contributed by atoms with Crippen molar-refractivity contribution in [3.05, 3.63) is 46.7 Å². The van der Waals surface area contributed by atoms with Crippen molar-refractivity contribution in [3.63, 3.8) is 0 Å². The van der Waals surface area contributed by atoms with Gasteiger partial charge in [-0.3, -0.25) is 0 Å². The van der Waals surface area contributed by atoms with Crippen molar-refractivity contribution in [2.24, 2.45) is 0 Å². The van der Waals surface area contributed by atoms with Crippen LogP contribution in [0.25, 0.3) is 0 Å². The van der Waals surface area contributed by atoms with Gasteiger partial charge in [-0.2, -0.15) is 11.8 Å². The van der Waals surface area contributed by atoms with Gasteiger partial charge >= 0.3 is 12.0 Å². The second-order valence-electron chi connectivity index (χ2n) is 6.22. The molecule has 1 aromatic carbocycles. The molecule has 0 unspecified atom stereocenters. The molecule has 0 spiro atoms. The summed E-state index contributed by atoms with van der Waals surface area (Å²) in [6.45, 7) is 8.41. The quantitative estimate of drug-likeness (QED) is 0.573. The molecule has 0 aromatic heterocycles. The third kappa shape index (κ3) is 5.01. The number of carbonyl (C=O) groups is 2. The maximum atomic E-state index is 12.6. The summed E-state index contributed by atoms with van der Waals surface area (Å²) in [6, 6.07) is 7.17. The third-order valence-electron chi connectivity index (χ3n) is 4.09. The van der Waals surface area contributed by atoms with Gasteiger partial charge in [-0.05, 0) is 29.7 Å². The number of nitrogens with one attached hydrogen (secondary N) is 2. The van der Waals surface area contributed by atoms with Crippen LogP contribution in [0.5, 0.6) is 0 Å². The lowest BCUT2D eigenvalue weighted by molar-refractivity contribution is -0.138. The van der Waals surface area contributed by atoms with Crippen molar-refractivity contribution >= 4 is 23.8 Å². The van der Waals surface area contributed by atoms with Crippen molar-refractivity contribution in [1.82, 2.24) is 10.6 Å². The van der Waals surface area contributed by atoms with E-state index < -0.39 is 6.04 Å². The molecule has 5 nitrogen and oxygen atoms in total. The van der Waals surface area contributed by atoms with E-state index in [2.05, 4.69) is 31.4 Å². The summed E-state index contributed by atoms with van der Waals surface area (Å²) in [5.41, 5.74) is 3.08. The van der Waals surface area contributed by atoms with Gasteiger partial charge < -0.3 is 15.4 Å². The van der Waals surface area contributed by atoms with Crippen LogP contribution in [0.1, 0.15) is 50.8 Å². The smallest absolute Gasteiger partial charge is 0.338 e. The number of esters is 1. The molecule has 2 rings (SSSR count). The van der Waals surface area contributed by atoms with E-state index in [1.807, 2.05) is 24.3 Å². The number of urea groups is 1. The van der Waals surface area contributed by atoms with Gasteiger partial charge in [0.1, 0.15) is 6.61 Å². The number of amides is 2. The topological polar surface area (TPSA) is 67.4 Å². The van der Waals surface area contributed by atoms with Crippen molar-refractivity contribution < 1.29 is 14.3 Å². The van der Waals surface area contributed by atoms with E-state index in [-0.39, 0.29) is 12.0 Å². The molecule has 1 aliphatic heterocycles. The van der Waals surface area contributed by atoms with E-state index in [1.165, 1.54) is 5.56 Å². The molecule has 0 aliphatic carbocycles. The number of hydrogen-bond donors (Lipinski definition) is 2. The average molecular weight is 362 g/mol. The highest BCUT2D eigenvalue weighted by Crippen LogP contribution is 2.28. The molecule has 0 saturated carbocycles. The van der Waals surface area contributed by atoms with Gasteiger partial charge in [0.05, 0.1) is 11.6 Å². The minimum Gasteiger partial charge on any atom is -0.461 e. The number of thioether (sulfide) groups is 1. The van der Waals surface area contributed by atoms with Crippen LogP contribution in [0.3, 0.4) is 0 Å². The average Bonchev–Trinajstić information content (AvgIpc) is 2.58. The number of ether oxygens (including phenoxy) is 1. The Morgan fingerprint density at radius 3 is 2.56 bits per heavy atom. The van der Waals surface area contributed by atoms with Crippen molar-refractivity contribution in [1.29, 1.82) is 0 Å². The second kappa shape index (κ2) is 8.94. The Bertz CT molecular complexity index is 653. The van der Waals surface area contributed by atoms with Crippen LogP contribution in [0, 0.1) is 0 Å². The Kier molecular flexibility index (Phi) is 6.93. The largest absolute Gasteiger partial charge is 0.461 e. The van der Waals surface area contributed by atoms with Gasteiger partial charge in [0, 0.05) is 11.4 Å². The molecule has 0 fully saturated rings. The lowest BCUT2D eigenvalue weighted by Gasteiger charge is -2.28. The standard InChI is InChI=1S/C19H26N2O3S/c1-5-25-11-10-24-18(22)16-13(4)20-19(23)21-17(16)15-8-6-14(7-9-15)12(2)3/h6-9,12,17H,5,10-11H2,1-4H3,(H2,20,21,23)/t17-/m0/s1. The Morgan fingerprint density at radius 1 is 1.28 bits per heavy atom. The first-order chi connectivity index (χ1) is 11.9. The zero-order chi connectivity index (χ0) is 18.4. The molecule has 0 radical (unpaired) electrons. The predicted octanol–water partition coefficient (Wildman–Crippen LogP) is 3.73. The third-order valence-corrected chi connectivity index (χ3v) is 4.95. The Morgan fingerprint density at radius 2 is 1.96 bits per heavy atom. The molecule has 1 aromatic rings. The van der Waals surface area contributed by atoms with E-state index in [0.717, 1.165) is 17.1 Å². The number of benzene rings is 1. The molecule has 0 saturated heterocycles. The molecular formula is C19H26N2O3S. The maximum Gasteiger partial charge on any atom is 0.338 e. The predicted molar refractivity (Wildman–Crippen MR) is 102 cm³/mol. The summed E-state index contributed by atoms with van der Waals surface area (Å²) in [4.78, 5) is 24.4. The molecule has 0 bridgehead atoms. The Labute approximate surface area is 153 Å². The van der Waals surface area contributed by atoms with Gasteiger partial charge in [0.2, 0.25) is 0 Å². The molecule has 6 heteroatoms. The summed E-state index contributed by atoms with van der Waals surface area (Å²) in [6.07, 6.45) is 0. The Hall–Kier alpha value is -1.95. The van der Waals surface area contributed by atoms with E-state index >= 15 is 0 Å². The van der Waals surface area contributed by atoms with E-state index in [0.29, 0.717) is 23.8 Å². The van der Waals surface area contributed by atoms with Crippen LogP contribution in [0.2, 0.25) is 0 Å². The lowest BCUT2D eigenvalue weighted by atomic mass is 9.93. The van der Waals surface area contributed by atoms with Crippen LogP contribution in [0.4, 0.5) is 4.79 Å². The fourth-order valence-corrected chi connectivity index (χ4v) is 3.19. The molecule has 25 heavy (non-hydrogen) atoms. The number of allylic oxidation sites excluding steroid dienone is 1. The van der Waals surface area contributed by atoms with Crippen LogP contribution in [0.15, 0.2) is 35.5 Å². The minimum absolute atomic E-state index is 0.312.